The molecule has 0 radical (unpaired) electrons. The highest BCUT2D eigenvalue weighted by Gasteiger charge is 1.96. The molecule has 0 aliphatic rings. The summed E-state index contributed by atoms with van der Waals surface area (Å²) in [6.45, 7) is 5.72. The predicted molar refractivity (Wildman–Crippen MR) is 129 cm³/mol. The van der Waals surface area contributed by atoms with Gasteiger partial charge < -0.3 is 10.6 Å². The van der Waals surface area contributed by atoms with Gasteiger partial charge in [0.1, 0.15) is 0 Å². The maximum atomic E-state index is 10.6. The molecule has 172 valence electrons. The van der Waals surface area contributed by atoms with Crippen LogP contribution in [0.15, 0.2) is 0 Å². The molecule has 0 saturated heterocycles. The summed E-state index contributed by atoms with van der Waals surface area (Å²) in [4.78, 5) is 12.8. The normalized spacial score (nSPS) is 10.3. The Morgan fingerprint density at radius 2 is 0.929 bits per heavy atom. The molecular weight excluding hydrogens is 368 g/mol. The van der Waals surface area contributed by atoms with Crippen LogP contribution < -0.4 is 5.73 Å². The van der Waals surface area contributed by atoms with Gasteiger partial charge in [-0.1, -0.05) is 110 Å². The third-order valence-corrected chi connectivity index (χ3v) is 4.99. The molecule has 0 unspecified atom stereocenters. The predicted octanol–water partition coefficient (Wildman–Crippen LogP) is 7.50. The van der Waals surface area contributed by atoms with Crippen molar-refractivity contribution in [1.82, 2.24) is 4.90 Å². The van der Waals surface area contributed by atoms with Crippen LogP contribution in [0, 0.1) is 0 Å². The molecule has 0 aromatic carbocycles. The molecule has 0 aliphatic carbocycles. The highest BCUT2D eigenvalue weighted by Crippen LogP contribution is 2.13. The van der Waals surface area contributed by atoms with Crippen molar-refractivity contribution in [3.63, 3.8) is 0 Å². The average Bonchev–Trinajstić information content (AvgIpc) is 2.63. The molecule has 0 spiro atoms. The topological polar surface area (TPSA) is 46.3 Å². The van der Waals surface area contributed by atoms with E-state index in [9.17, 15) is 4.79 Å². The summed E-state index contributed by atoms with van der Waals surface area (Å²) >= 11 is 0. The number of hydrogen-bond donors (Lipinski definition) is 1. The van der Waals surface area contributed by atoms with Crippen molar-refractivity contribution in [1.29, 1.82) is 0 Å². The molecule has 0 bridgehead atoms. The van der Waals surface area contributed by atoms with Gasteiger partial charge in [0.2, 0.25) is 5.91 Å². The smallest absolute Gasteiger partial charge is 0.217 e. The number of nitrogens with two attached hydrogens (primary N) is 1. The van der Waals surface area contributed by atoms with E-state index in [-0.39, 0.29) is 18.3 Å². The highest BCUT2D eigenvalue weighted by molar-refractivity contribution is 5.85. The Bertz CT molecular complexity index is 286. The minimum Gasteiger partial charge on any atom is -0.370 e. The van der Waals surface area contributed by atoms with Crippen molar-refractivity contribution in [2.75, 3.05) is 20.6 Å². The number of carbonyl (C=O) groups is 1. The van der Waals surface area contributed by atoms with Gasteiger partial charge in [0.25, 0.3) is 0 Å². The van der Waals surface area contributed by atoms with Crippen LogP contribution in [0.5, 0.6) is 0 Å². The van der Waals surface area contributed by atoms with E-state index < -0.39 is 0 Å². The number of rotatable bonds is 19. The quantitative estimate of drug-likeness (QED) is 0.220. The first kappa shape index (κ1) is 32.4. The first-order valence-electron chi connectivity index (χ1n) is 12.0. The van der Waals surface area contributed by atoms with Crippen LogP contribution in [0.1, 0.15) is 129 Å². The summed E-state index contributed by atoms with van der Waals surface area (Å²) in [5, 5.41) is 0. The lowest BCUT2D eigenvalue weighted by Gasteiger charge is -2.05. The van der Waals surface area contributed by atoms with E-state index in [1.54, 1.807) is 0 Å². The first-order chi connectivity index (χ1) is 13.0. The van der Waals surface area contributed by atoms with Gasteiger partial charge in [-0.25, -0.2) is 0 Å². The SMILES string of the molecule is CCCCCCCCCCCCCCCCCC(N)=O.CCCCN(C)C.Cl. The van der Waals surface area contributed by atoms with Crippen molar-refractivity contribution in [3.05, 3.63) is 0 Å². The molecule has 0 aromatic heterocycles. The van der Waals surface area contributed by atoms with Gasteiger partial charge in [0, 0.05) is 6.42 Å². The lowest BCUT2D eigenvalue weighted by molar-refractivity contribution is -0.118. The van der Waals surface area contributed by atoms with E-state index in [1.807, 2.05) is 0 Å². The second-order valence-corrected chi connectivity index (χ2v) is 8.32. The molecule has 0 aromatic rings. The van der Waals surface area contributed by atoms with Crippen LogP contribution >= 0.6 is 12.4 Å². The summed E-state index contributed by atoms with van der Waals surface area (Å²) in [5.74, 6) is -0.153. The van der Waals surface area contributed by atoms with Crippen LogP contribution in [-0.4, -0.2) is 31.4 Å². The lowest BCUT2D eigenvalue weighted by Crippen LogP contribution is -2.12. The second-order valence-electron chi connectivity index (χ2n) is 8.32. The standard InChI is InChI=1S/C18H37NO.C6H15N.ClH/c1-2-3-4-5-6-7-8-9-10-11-12-13-14-15-16-17-18(19)20;1-4-5-6-7(2)3;/h2-17H2,1H3,(H2,19,20);4-6H2,1-3H3;1H. The van der Waals surface area contributed by atoms with Crippen LogP contribution in [0.25, 0.3) is 0 Å². The number of halogens is 1. The molecule has 0 heterocycles. The number of carbonyl (C=O) groups excluding carboxylic acids is 1. The molecule has 0 fully saturated rings. The van der Waals surface area contributed by atoms with Crippen molar-refractivity contribution >= 4 is 18.3 Å². The summed E-state index contributed by atoms with van der Waals surface area (Å²) in [6, 6.07) is 0. The van der Waals surface area contributed by atoms with Gasteiger partial charge in [-0.3, -0.25) is 4.79 Å². The lowest BCUT2D eigenvalue weighted by atomic mass is 10.0. The summed E-state index contributed by atoms with van der Waals surface area (Å²) in [5.41, 5.74) is 5.11. The molecule has 2 N–H and O–H groups in total. The van der Waals surface area contributed by atoms with Crippen molar-refractivity contribution in [3.8, 4) is 0 Å². The summed E-state index contributed by atoms with van der Waals surface area (Å²) in [7, 11) is 4.21. The monoisotopic (exact) mass is 420 g/mol. The van der Waals surface area contributed by atoms with Gasteiger partial charge in [0.05, 0.1) is 0 Å². The zero-order valence-electron chi connectivity index (χ0n) is 19.8. The molecule has 3 nitrogen and oxygen atoms in total. The molecular formula is C24H53ClN2O. The third kappa shape index (κ3) is 36.6. The van der Waals surface area contributed by atoms with Crippen LogP contribution in [-0.2, 0) is 4.79 Å². The van der Waals surface area contributed by atoms with Crippen LogP contribution in [0.4, 0.5) is 0 Å². The van der Waals surface area contributed by atoms with E-state index >= 15 is 0 Å². The Balaban J connectivity index is -0.000000665. The Morgan fingerprint density at radius 3 is 1.18 bits per heavy atom. The van der Waals surface area contributed by atoms with Gasteiger partial charge in [0.15, 0.2) is 0 Å². The second kappa shape index (κ2) is 28.9. The van der Waals surface area contributed by atoms with Gasteiger partial charge in [-0.15, -0.1) is 12.4 Å². The fraction of sp³-hybridized carbons (Fsp3) is 0.958. The zero-order valence-corrected chi connectivity index (χ0v) is 20.6. The summed E-state index contributed by atoms with van der Waals surface area (Å²) in [6.07, 6.45) is 23.5. The molecule has 1 amide bonds. The van der Waals surface area contributed by atoms with E-state index in [4.69, 9.17) is 5.73 Å². The largest absolute Gasteiger partial charge is 0.370 e. The Hall–Kier alpha value is -0.280. The molecule has 4 heteroatoms. The van der Waals surface area contributed by atoms with Crippen LogP contribution in [0.2, 0.25) is 0 Å². The molecule has 0 saturated carbocycles. The van der Waals surface area contributed by atoms with E-state index in [1.165, 1.54) is 109 Å². The Morgan fingerprint density at radius 1 is 0.607 bits per heavy atom. The number of unbranched alkanes of at least 4 members (excludes halogenated alkanes) is 15. The average molecular weight is 421 g/mol. The van der Waals surface area contributed by atoms with Crippen molar-refractivity contribution < 1.29 is 4.79 Å². The maximum Gasteiger partial charge on any atom is 0.217 e. The fourth-order valence-corrected chi connectivity index (χ4v) is 3.14. The van der Waals surface area contributed by atoms with Gasteiger partial charge >= 0.3 is 0 Å². The van der Waals surface area contributed by atoms with Crippen molar-refractivity contribution in [2.24, 2.45) is 5.73 Å². The number of nitrogens with zero attached hydrogens (tertiary/aromatic N) is 1. The minimum atomic E-state index is -0.153. The first-order valence-corrected chi connectivity index (χ1v) is 12.0. The van der Waals surface area contributed by atoms with Crippen LogP contribution in [0.3, 0.4) is 0 Å². The fourth-order valence-electron chi connectivity index (χ4n) is 3.14. The molecule has 0 atom stereocenters. The zero-order chi connectivity index (χ0) is 20.6. The van der Waals surface area contributed by atoms with Crippen molar-refractivity contribution in [2.45, 2.75) is 129 Å². The van der Waals surface area contributed by atoms with E-state index in [0.717, 1.165) is 6.42 Å². The highest BCUT2D eigenvalue weighted by atomic mass is 35.5. The van der Waals surface area contributed by atoms with E-state index in [2.05, 4.69) is 32.8 Å². The molecule has 28 heavy (non-hydrogen) atoms. The maximum absolute atomic E-state index is 10.6. The Labute approximate surface area is 184 Å². The Kier molecular flexibility index (Phi) is 33.5. The number of hydrogen-bond acceptors (Lipinski definition) is 2. The molecule has 0 rings (SSSR count). The number of amides is 1. The minimum absolute atomic E-state index is 0. The summed E-state index contributed by atoms with van der Waals surface area (Å²) < 4.78 is 0. The third-order valence-electron chi connectivity index (χ3n) is 4.99. The molecule has 0 aliphatic heterocycles. The van der Waals surface area contributed by atoms with Gasteiger partial charge in [-0.2, -0.15) is 0 Å². The van der Waals surface area contributed by atoms with Gasteiger partial charge in [-0.05, 0) is 33.5 Å². The number of primary amides is 1. The van der Waals surface area contributed by atoms with E-state index in [0.29, 0.717) is 6.42 Å².